The molecule has 0 spiro atoms. The number of halogens is 1. The van der Waals surface area contributed by atoms with Crippen molar-refractivity contribution in [2.45, 2.75) is 19.9 Å². The SMILES string of the molecule is CC(C)N=Cc1cc(Br)cnc1N. The predicted molar refractivity (Wildman–Crippen MR) is 59.1 cm³/mol. The normalized spacial score (nSPS) is 11.4. The largest absolute Gasteiger partial charge is 0.383 e. The lowest BCUT2D eigenvalue weighted by molar-refractivity contribution is 0.841. The van der Waals surface area contributed by atoms with Crippen LogP contribution >= 0.6 is 15.9 Å². The molecule has 1 aromatic heterocycles. The van der Waals surface area contributed by atoms with Gasteiger partial charge in [0, 0.05) is 28.5 Å². The average molecular weight is 242 g/mol. The van der Waals surface area contributed by atoms with Gasteiger partial charge in [-0.3, -0.25) is 4.99 Å². The first-order chi connectivity index (χ1) is 6.09. The highest BCUT2D eigenvalue weighted by Crippen LogP contribution is 2.13. The van der Waals surface area contributed by atoms with E-state index in [2.05, 4.69) is 25.9 Å². The van der Waals surface area contributed by atoms with Gasteiger partial charge in [-0.2, -0.15) is 0 Å². The van der Waals surface area contributed by atoms with Crippen LogP contribution in [0.1, 0.15) is 19.4 Å². The van der Waals surface area contributed by atoms with Gasteiger partial charge in [0.15, 0.2) is 0 Å². The Kier molecular flexibility index (Phi) is 3.42. The molecular weight excluding hydrogens is 230 g/mol. The first-order valence-corrected chi connectivity index (χ1v) is 4.83. The summed E-state index contributed by atoms with van der Waals surface area (Å²) in [4.78, 5) is 8.23. The van der Waals surface area contributed by atoms with E-state index >= 15 is 0 Å². The summed E-state index contributed by atoms with van der Waals surface area (Å²) in [5, 5.41) is 0. The highest BCUT2D eigenvalue weighted by Gasteiger charge is 1.98. The topological polar surface area (TPSA) is 51.3 Å². The summed E-state index contributed by atoms with van der Waals surface area (Å²) in [5.41, 5.74) is 6.50. The minimum atomic E-state index is 0.276. The van der Waals surface area contributed by atoms with Crippen LogP contribution < -0.4 is 5.73 Å². The molecule has 0 aliphatic heterocycles. The van der Waals surface area contributed by atoms with E-state index in [1.165, 1.54) is 0 Å². The second-order valence-electron chi connectivity index (χ2n) is 3.00. The monoisotopic (exact) mass is 241 g/mol. The van der Waals surface area contributed by atoms with Gasteiger partial charge in [-0.15, -0.1) is 0 Å². The number of hydrogen-bond acceptors (Lipinski definition) is 3. The van der Waals surface area contributed by atoms with Gasteiger partial charge in [0.25, 0.3) is 0 Å². The van der Waals surface area contributed by atoms with E-state index < -0.39 is 0 Å². The zero-order valence-corrected chi connectivity index (χ0v) is 9.25. The maximum Gasteiger partial charge on any atom is 0.132 e. The van der Waals surface area contributed by atoms with Gasteiger partial charge < -0.3 is 5.73 Å². The van der Waals surface area contributed by atoms with Crippen molar-refractivity contribution in [3.05, 3.63) is 22.3 Å². The van der Waals surface area contributed by atoms with Crippen molar-refractivity contribution in [3.8, 4) is 0 Å². The van der Waals surface area contributed by atoms with Crippen LogP contribution in [0.4, 0.5) is 5.82 Å². The molecule has 13 heavy (non-hydrogen) atoms. The number of nitrogens with two attached hydrogens (primary N) is 1. The molecule has 0 aromatic carbocycles. The van der Waals surface area contributed by atoms with Crippen LogP contribution in [0, 0.1) is 0 Å². The van der Waals surface area contributed by atoms with Gasteiger partial charge in [-0.25, -0.2) is 4.98 Å². The summed E-state index contributed by atoms with van der Waals surface area (Å²) in [6.07, 6.45) is 3.42. The van der Waals surface area contributed by atoms with E-state index in [0.29, 0.717) is 5.82 Å². The lowest BCUT2D eigenvalue weighted by Gasteiger charge is -2.00. The molecule has 3 nitrogen and oxygen atoms in total. The van der Waals surface area contributed by atoms with Crippen LogP contribution in [-0.4, -0.2) is 17.2 Å². The highest BCUT2D eigenvalue weighted by molar-refractivity contribution is 9.10. The number of aliphatic imine (C=N–C) groups is 1. The number of aromatic nitrogens is 1. The predicted octanol–water partition coefficient (Wildman–Crippen LogP) is 2.25. The van der Waals surface area contributed by atoms with Crippen LogP contribution in [0.3, 0.4) is 0 Å². The molecule has 2 N–H and O–H groups in total. The van der Waals surface area contributed by atoms with E-state index in [1.54, 1.807) is 12.4 Å². The van der Waals surface area contributed by atoms with E-state index in [4.69, 9.17) is 5.73 Å². The first-order valence-electron chi connectivity index (χ1n) is 4.04. The molecule has 0 atom stereocenters. The molecule has 1 aromatic rings. The second kappa shape index (κ2) is 4.37. The third-order valence-electron chi connectivity index (χ3n) is 1.43. The fraction of sp³-hybridized carbons (Fsp3) is 0.333. The van der Waals surface area contributed by atoms with Gasteiger partial charge in [0.05, 0.1) is 0 Å². The summed E-state index contributed by atoms with van der Waals surface area (Å²) >= 11 is 3.32. The third kappa shape index (κ3) is 3.14. The molecule has 0 amide bonds. The van der Waals surface area contributed by atoms with E-state index in [9.17, 15) is 0 Å². The van der Waals surface area contributed by atoms with E-state index in [1.807, 2.05) is 19.9 Å². The van der Waals surface area contributed by atoms with Gasteiger partial charge in [-0.1, -0.05) is 0 Å². The summed E-state index contributed by atoms with van der Waals surface area (Å²) in [6.45, 7) is 4.02. The van der Waals surface area contributed by atoms with Gasteiger partial charge >= 0.3 is 0 Å². The summed E-state index contributed by atoms with van der Waals surface area (Å²) in [6, 6.07) is 2.17. The Labute approximate surface area is 86.2 Å². The van der Waals surface area contributed by atoms with Crippen molar-refractivity contribution in [3.63, 3.8) is 0 Å². The zero-order chi connectivity index (χ0) is 9.84. The van der Waals surface area contributed by atoms with Gasteiger partial charge in [-0.05, 0) is 35.8 Å². The number of anilines is 1. The summed E-state index contributed by atoms with van der Waals surface area (Å²) < 4.78 is 0.909. The van der Waals surface area contributed by atoms with Crippen LogP contribution in [0.5, 0.6) is 0 Å². The molecule has 0 radical (unpaired) electrons. The Morgan fingerprint density at radius 3 is 2.92 bits per heavy atom. The summed E-state index contributed by atoms with van der Waals surface area (Å²) in [5.74, 6) is 0.507. The van der Waals surface area contributed by atoms with Crippen LogP contribution in [0.15, 0.2) is 21.7 Å². The zero-order valence-electron chi connectivity index (χ0n) is 7.66. The van der Waals surface area contributed by atoms with Crippen molar-refractivity contribution in [2.75, 3.05) is 5.73 Å². The maximum absolute atomic E-state index is 5.65. The molecule has 1 heterocycles. The number of nitrogens with zero attached hydrogens (tertiary/aromatic N) is 2. The average Bonchev–Trinajstić information content (AvgIpc) is 2.06. The van der Waals surface area contributed by atoms with Crippen molar-refractivity contribution in [1.82, 2.24) is 4.98 Å². The number of rotatable bonds is 2. The number of nitrogen functional groups attached to an aromatic ring is 1. The van der Waals surface area contributed by atoms with Gasteiger partial charge in [0.2, 0.25) is 0 Å². The molecule has 0 unspecified atom stereocenters. The minimum Gasteiger partial charge on any atom is -0.383 e. The van der Waals surface area contributed by atoms with Crippen LogP contribution in [0.25, 0.3) is 0 Å². The molecule has 0 aliphatic carbocycles. The summed E-state index contributed by atoms with van der Waals surface area (Å²) in [7, 11) is 0. The molecule has 4 heteroatoms. The highest BCUT2D eigenvalue weighted by atomic mass is 79.9. The van der Waals surface area contributed by atoms with Gasteiger partial charge in [0.1, 0.15) is 5.82 Å². The standard InChI is InChI=1S/C9H12BrN3/c1-6(2)12-4-7-3-8(10)5-13-9(7)11/h3-6H,1-2H3,(H2,11,13). The van der Waals surface area contributed by atoms with Crippen molar-refractivity contribution in [2.24, 2.45) is 4.99 Å². The molecule has 0 saturated heterocycles. The Balaban J connectivity index is 2.93. The molecule has 70 valence electrons. The Morgan fingerprint density at radius 2 is 2.31 bits per heavy atom. The lowest BCUT2D eigenvalue weighted by atomic mass is 10.3. The fourth-order valence-electron chi connectivity index (χ4n) is 0.798. The second-order valence-corrected chi connectivity index (χ2v) is 3.92. The molecule has 0 fully saturated rings. The van der Waals surface area contributed by atoms with E-state index in [0.717, 1.165) is 10.0 Å². The van der Waals surface area contributed by atoms with Crippen molar-refractivity contribution < 1.29 is 0 Å². The minimum absolute atomic E-state index is 0.276. The van der Waals surface area contributed by atoms with Crippen molar-refractivity contribution in [1.29, 1.82) is 0 Å². The third-order valence-corrected chi connectivity index (χ3v) is 1.86. The number of pyridine rings is 1. The fourth-order valence-corrected chi connectivity index (χ4v) is 1.15. The molecule has 0 bridgehead atoms. The van der Waals surface area contributed by atoms with Crippen LogP contribution in [0.2, 0.25) is 0 Å². The Bertz CT molecular complexity index is 321. The van der Waals surface area contributed by atoms with Crippen LogP contribution in [-0.2, 0) is 0 Å². The molecular formula is C9H12BrN3. The molecule has 0 saturated carbocycles. The van der Waals surface area contributed by atoms with E-state index in [-0.39, 0.29) is 6.04 Å². The first kappa shape index (κ1) is 10.2. The Morgan fingerprint density at radius 1 is 1.62 bits per heavy atom. The molecule has 0 aliphatic rings. The smallest absolute Gasteiger partial charge is 0.132 e. The molecule has 1 rings (SSSR count). The number of hydrogen-bond donors (Lipinski definition) is 1. The lowest BCUT2D eigenvalue weighted by Crippen LogP contribution is -1.98. The van der Waals surface area contributed by atoms with Crippen molar-refractivity contribution >= 4 is 28.0 Å². The Hall–Kier alpha value is -0.900. The maximum atomic E-state index is 5.65. The quantitative estimate of drug-likeness (QED) is 0.808.